The maximum absolute atomic E-state index is 11.5. The molecule has 2 rings (SSSR count). The fourth-order valence-electron chi connectivity index (χ4n) is 2.41. The number of unbranched alkanes of at least 4 members (excludes halogenated alkanes) is 3. The lowest BCUT2D eigenvalue weighted by atomic mass is 10.0. The van der Waals surface area contributed by atoms with E-state index in [2.05, 4.69) is 6.92 Å². The normalized spacial score (nSPS) is 10.4. The van der Waals surface area contributed by atoms with Crippen LogP contribution in [0.15, 0.2) is 48.5 Å². The van der Waals surface area contributed by atoms with Gasteiger partial charge in [0.1, 0.15) is 11.3 Å². The van der Waals surface area contributed by atoms with Crippen LogP contribution in [0.5, 0.6) is 5.75 Å². The van der Waals surface area contributed by atoms with Crippen LogP contribution in [0.3, 0.4) is 0 Å². The zero-order chi connectivity index (χ0) is 15.8. The number of carboxylic acids is 1. The molecule has 0 aliphatic heterocycles. The summed E-state index contributed by atoms with van der Waals surface area (Å²) in [7, 11) is 0. The van der Waals surface area contributed by atoms with Gasteiger partial charge in [0, 0.05) is 5.56 Å². The highest BCUT2D eigenvalue weighted by Crippen LogP contribution is 2.33. The third-order valence-corrected chi connectivity index (χ3v) is 3.57. The van der Waals surface area contributed by atoms with Gasteiger partial charge in [0.2, 0.25) is 0 Å². The molecular weight excluding hydrogens is 276 g/mol. The maximum Gasteiger partial charge on any atom is 0.339 e. The van der Waals surface area contributed by atoms with Crippen LogP contribution in [0, 0.1) is 0 Å². The SMILES string of the molecule is CCCCCCOc1c(C(=O)O)cccc1-c1ccccc1. The van der Waals surface area contributed by atoms with Crippen molar-refractivity contribution in [3.63, 3.8) is 0 Å². The van der Waals surface area contributed by atoms with Crippen molar-refractivity contribution in [3.05, 3.63) is 54.1 Å². The summed E-state index contributed by atoms with van der Waals surface area (Å²) >= 11 is 0. The van der Waals surface area contributed by atoms with Crippen LogP contribution in [0.2, 0.25) is 0 Å². The van der Waals surface area contributed by atoms with Gasteiger partial charge < -0.3 is 9.84 Å². The Morgan fingerprint density at radius 1 is 1.00 bits per heavy atom. The first kappa shape index (κ1) is 16.1. The van der Waals surface area contributed by atoms with E-state index in [4.69, 9.17) is 4.74 Å². The van der Waals surface area contributed by atoms with Crippen molar-refractivity contribution in [1.82, 2.24) is 0 Å². The minimum absolute atomic E-state index is 0.219. The molecule has 0 heterocycles. The van der Waals surface area contributed by atoms with Crippen LogP contribution in [-0.4, -0.2) is 17.7 Å². The average Bonchev–Trinajstić information content (AvgIpc) is 2.55. The monoisotopic (exact) mass is 298 g/mol. The molecule has 0 fully saturated rings. The first-order valence-electron chi connectivity index (χ1n) is 7.78. The van der Waals surface area contributed by atoms with E-state index < -0.39 is 5.97 Å². The summed E-state index contributed by atoms with van der Waals surface area (Å²) < 4.78 is 5.85. The number of benzene rings is 2. The lowest BCUT2D eigenvalue weighted by Crippen LogP contribution is -2.06. The molecule has 1 N–H and O–H groups in total. The fourth-order valence-corrected chi connectivity index (χ4v) is 2.41. The quantitative estimate of drug-likeness (QED) is 0.697. The molecule has 116 valence electrons. The highest BCUT2D eigenvalue weighted by atomic mass is 16.5. The van der Waals surface area contributed by atoms with Crippen LogP contribution in [0.4, 0.5) is 0 Å². The van der Waals surface area contributed by atoms with Gasteiger partial charge in [0.05, 0.1) is 6.61 Å². The molecule has 0 unspecified atom stereocenters. The van der Waals surface area contributed by atoms with Crippen molar-refractivity contribution in [1.29, 1.82) is 0 Å². The Bertz CT molecular complexity index is 605. The molecule has 0 aromatic heterocycles. The van der Waals surface area contributed by atoms with E-state index in [0.29, 0.717) is 12.4 Å². The Balaban J connectivity index is 2.25. The van der Waals surface area contributed by atoms with E-state index >= 15 is 0 Å². The molecule has 3 nitrogen and oxygen atoms in total. The minimum atomic E-state index is -0.957. The van der Waals surface area contributed by atoms with Gasteiger partial charge in [-0.15, -0.1) is 0 Å². The lowest BCUT2D eigenvalue weighted by molar-refractivity contribution is 0.0692. The van der Waals surface area contributed by atoms with Gasteiger partial charge in [-0.25, -0.2) is 4.79 Å². The summed E-state index contributed by atoms with van der Waals surface area (Å²) in [5.74, 6) is -0.487. The zero-order valence-corrected chi connectivity index (χ0v) is 12.9. The van der Waals surface area contributed by atoms with Crippen LogP contribution >= 0.6 is 0 Å². The summed E-state index contributed by atoms with van der Waals surface area (Å²) in [5.41, 5.74) is 2.02. The minimum Gasteiger partial charge on any atom is -0.492 e. The van der Waals surface area contributed by atoms with Crippen LogP contribution in [0.1, 0.15) is 43.0 Å². The summed E-state index contributed by atoms with van der Waals surface area (Å²) in [5, 5.41) is 9.40. The van der Waals surface area contributed by atoms with Gasteiger partial charge in [0.25, 0.3) is 0 Å². The second-order valence-corrected chi connectivity index (χ2v) is 5.26. The number of aromatic carboxylic acids is 1. The van der Waals surface area contributed by atoms with Gasteiger partial charge in [0.15, 0.2) is 0 Å². The molecule has 0 aliphatic carbocycles. The Labute approximate surface area is 131 Å². The predicted molar refractivity (Wildman–Crippen MR) is 88.5 cm³/mol. The Kier molecular flexibility index (Phi) is 6.01. The molecule has 2 aromatic carbocycles. The van der Waals surface area contributed by atoms with E-state index in [-0.39, 0.29) is 5.56 Å². The number of carbonyl (C=O) groups is 1. The molecule has 2 aromatic rings. The van der Waals surface area contributed by atoms with E-state index in [9.17, 15) is 9.90 Å². The first-order valence-corrected chi connectivity index (χ1v) is 7.78. The third kappa shape index (κ3) is 4.10. The summed E-state index contributed by atoms with van der Waals surface area (Å²) in [6.07, 6.45) is 4.39. The molecule has 0 amide bonds. The van der Waals surface area contributed by atoms with E-state index in [0.717, 1.165) is 24.0 Å². The maximum atomic E-state index is 11.5. The molecular formula is C19H22O3. The van der Waals surface area contributed by atoms with Crippen LogP contribution in [-0.2, 0) is 0 Å². The van der Waals surface area contributed by atoms with Crippen molar-refractivity contribution in [2.45, 2.75) is 32.6 Å². The van der Waals surface area contributed by atoms with Crippen LogP contribution < -0.4 is 4.74 Å². The van der Waals surface area contributed by atoms with Gasteiger partial charge in [-0.2, -0.15) is 0 Å². The molecule has 0 saturated heterocycles. The number of hydrogen-bond acceptors (Lipinski definition) is 2. The van der Waals surface area contributed by atoms with E-state index in [1.165, 1.54) is 12.8 Å². The van der Waals surface area contributed by atoms with Gasteiger partial charge >= 0.3 is 5.97 Å². The highest BCUT2D eigenvalue weighted by molar-refractivity contribution is 5.94. The van der Waals surface area contributed by atoms with Crippen LogP contribution in [0.25, 0.3) is 11.1 Å². The summed E-state index contributed by atoms with van der Waals surface area (Å²) in [4.78, 5) is 11.5. The van der Waals surface area contributed by atoms with E-state index in [1.807, 2.05) is 36.4 Å². The number of hydrogen-bond donors (Lipinski definition) is 1. The van der Waals surface area contributed by atoms with Crippen molar-refractivity contribution < 1.29 is 14.6 Å². The molecule has 0 atom stereocenters. The predicted octanol–water partition coefficient (Wildman–Crippen LogP) is 5.01. The summed E-state index contributed by atoms with van der Waals surface area (Å²) in [6.45, 7) is 2.71. The number of rotatable bonds is 8. The smallest absolute Gasteiger partial charge is 0.339 e. The molecule has 3 heteroatoms. The first-order chi connectivity index (χ1) is 10.7. The summed E-state index contributed by atoms with van der Waals surface area (Å²) in [6, 6.07) is 15.0. The standard InChI is InChI=1S/C19H22O3/c1-2-3-4-8-14-22-18-16(15-10-6-5-7-11-15)12-9-13-17(18)19(20)21/h5-7,9-13H,2-4,8,14H2,1H3,(H,20,21). The van der Waals surface area contributed by atoms with Crippen molar-refractivity contribution in [3.8, 4) is 16.9 Å². The molecule has 0 bridgehead atoms. The van der Waals surface area contributed by atoms with Gasteiger partial charge in [-0.1, -0.05) is 68.7 Å². The van der Waals surface area contributed by atoms with Crippen molar-refractivity contribution in [2.75, 3.05) is 6.61 Å². The second kappa shape index (κ2) is 8.23. The lowest BCUT2D eigenvalue weighted by Gasteiger charge is -2.14. The van der Waals surface area contributed by atoms with E-state index in [1.54, 1.807) is 12.1 Å². The van der Waals surface area contributed by atoms with Crippen molar-refractivity contribution in [2.24, 2.45) is 0 Å². The average molecular weight is 298 g/mol. The topological polar surface area (TPSA) is 46.5 Å². The molecule has 0 aliphatic rings. The fraction of sp³-hybridized carbons (Fsp3) is 0.316. The number of ether oxygens (including phenoxy) is 1. The highest BCUT2D eigenvalue weighted by Gasteiger charge is 2.16. The number of para-hydroxylation sites is 1. The molecule has 22 heavy (non-hydrogen) atoms. The zero-order valence-electron chi connectivity index (χ0n) is 12.9. The molecule has 0 radical (unpaired) electrons. The third-order valence-electron chi connectivity index (χ3n) is 3.57. The Morgan fingerprint density at radius 3 is 2.45 bits per heavy atom. The Morgan fingerprint density at radius 2 is 1.77 bits per heavy atom. The molecule has 0 saturated carbocycles. The largest absolute Gasteiger partial charge is 0.492 e. The van der Waals surface area contributed by atoms with Gasteiger partial charge in [-0.05, 0) is 18.1 Å². The Hall–Kier alpha value is -2.29. The second-order valence-electron chi connectivity index (χ2n) is 5.26. The van der Waals surface area contributed by atoms with Gasteiger partial charge in [-0.3, -0.25) is 0 Å². The van der Waals surface area contributed by atoms with Crippen molar-refractivity contribution >= 4 is 5.97 Å². The number of carboxylic acid groups (broad SMARTS) is 1. The molecule has 0 spiro atoms.